The van der Waals surface area contributed by atoms with Gasteiger partial charge in [0.1, 0.15) is 0 Å². The zero-order valence-electron chi connectivity index (χ0n) is 12.5. The monoisotopic (exact) mass is 291 g/mol. The summed E-state index contributed by atoms with van der Waals surface area (Å²) < 4.78 is 1.89. The molecule has 0 fully saturated rings. The molecule has 20 heavy (non-hydrogen) atoms. The molecule has 1 aromatic carbocycles. The summed E-state index contributed by atoms with van der Waals surface area (Å²) in [5, 5.41) is 8.85. The first kappa shape index (κ1) is 15.1. The Hall–Kier alpha value is -1.32. The molecule has 1 atom stereocenters. The van der Waals surface area contributed by atoms with Gasteiger partial charge in [-0.3, -0.25) is 4.68 Å². The average molecular weight is 292 g/mol. The summed E-state index contributed by atoms with van der Waals surface area (Å²) >= 11 is 6.04. The number of nitrogens with one attached hydrogen (secondary N) is 1. The predicted molar refractivity (Wildman–Crippen MR) is 84.0 cm³/mol. The topological polar surface area (TPSA) is 29.9 Å². The number of aromatic nitrogens is 2. The van der Waals surface area contributed by atoms with Crippen LogP contribution in [0.1, 0.15) is 49.6 Å². The van der Waals surface area contributed by atoms with E-state index in [1.807, 2.05) is 29.9 Å². The summed E-state index contributed by atoms with van der Waals surface area (Å²) in [6, 6.07) is 8.24. The van der Waals surface area contributed by atoms with Crippen LogP contribution in [-0.2, 0) is 13.6 Å². The fourth-order valence-electron chi connectivity index (χ4n) is 2.33. The van der Waals surface area contributed by atoms with Crippen molar-refractivity contribution < 1.29 is 0 Å². The molecule has 0 aliphatic rings. The minimum atomic E-state index is 0.258. The van der Waals surface area contributed by atoms with Crippen LogP contribution in [0.2, 0.25) is 5.02 Å². The van der Waals surface area contributed by atoms with Gasteiger partial charge in [-0.15, -0.1) is 0 Å². The van der Waals surface area contributed by atoms with Gasteiger partial charge in [0.25, 0.3) is 0 Å². The number of rotatable bonds is 5. The van der Waals surface area contributed by atoms with Gasteiger partial charge in [0, 0.05) is 36.4 Å². The molecule has 3 nitrogen and oxygen atoms in total. The van der Waals surface area contributed by atoms with E-state index in [1.165, 1.54) is 16.8 Å². The Bertz CT molecular complexity index is 575. The number of aryl methyl sites for hydroxylation is 1. The van der Waals surface area contributed by atoms with Crippen molar-refractivity contribution in [2.75, 3.05) is 0 Å². The second kappa shape index (κ2) is 6.42. The molecular formula is C16H22ClN3. The van der Waals surface area contributed by atoms with E-state index in [9.17, 15) is 0 Å². The third kappa shape index (κ3) is 3.62. The normalized spacial score (nSPS) is 12.9. The second-order valence-corrected chi connectivity index (χ2v) is 5.96. The summed E-state index contributed by atoms with van der Waals surface area (Å²) in [6.07, 6.45) is 2.09. The molecule has 2 aromatic rings. The predicted octanol–water partition coefficient (Wildman–Crippen LogP) is 4.05. The standard InChI is InChI=1S/C16H22ClN3/c1-11(2)16-14(10-20(4)19-16)9-18-12(3)13-6-5-7-15(17)8-13/h5-8,10-12,18H,9H2,1-4H3. The Morgan fingerprint density at radius 3 is 2.70 bits per heavy atom. The molecule has 0 saturated carbocycles. The highest BCUT2D eigenvalue weighted by Gasteiger charge is 2.12. The SMILES string of the molecule is CC(C)c1nn(C)cc1CNC(C)c1cccc(Cl)c1. The van der Waals surface area contributed by atoms with E-state index in [-0.39, 0.29) is 6.04 Å². The van der Waals surface area contributed by atoms with E-state index < -0.39 is 0 Å². The lowest BCUT2D eigenvalue weighted by molar-refractivity contribution is 0.570. The van der Waals surface area contributed by atoms with Crippen LogP contribution in [0.5, 0.6) is 0 Å². The summed E-state index contributed by atoms with van der Waals surface area (Å²) in [5.41, 5.74) is 3.63. The molecule has 0 amide bonds. The molecule has 1 unspecified atom stereocenters. The fraction of sp³-hybridized carbons (Fsp3) is 0.438. The molecule has 1 heterocycles. The Morgan fingerprint density at radius 1 is 1.30 bits per heavy atom. The van der Waals surface area contributed by atoms with Crippen LogP contribution in [-0.4, -0.2) is 9.78 Å². The van der Waals surface area contributed by atoms with Gasteiger partial charge >= 0.3 is 0 Å². The number of nitrogens with zero attached hydrogens (tertiary/aromatic N) is 2. The highest BCUT2D eigenvalue weighted by molar-refractivity contribution is 6.30. The van der Waals surface area contributed by atoms with Gasteiger partial charge in [-0.25, -0.2) is 0 Å². The molecule has 0 aliphatic heterocycles. The van der Waals surface area contributed by atoms with E-state index in [4.69, 9.17) is 11.6 Å². The van der Waals surface area contributed by atoms with Gasteiger partial charge in [-0.1, -0.05) is 37.6 Å². The molecule has 0 saturated heterocycles. The van der Waals surface area contributed by atoms with Crippen LogP contribution in [0.25, 0.3) is 0 Å². The molecule has 0 radical (unpaired) electrons. The summed E-state index contributed by atoms with van der Waals surface area (Å²) in [7, 11) is 1.97. The van der Waals surface area contributed by atoms with Crippen molar-refractivity contribution in [1.82, 2.24) is 15.1 Å². The maximum absolute atomic E-state index is 6.04. The number of hydrogen-bond acceptors (Lipinski definition) is 2. The Kier molecular flexibility index (Phi) is 4.84. The maximum atomic E-state index is 6.04. The Balaban J connectivity index is 2.05. The second-order valence-electron chi connectivity index (χ2n) is 5.53. The van der Waals surface area contributed by atoms with Crippen molar-refractivity contribution in [2.45, 2.75) is 39.3 Å². The van der Waals surface area contributed by atoms with Crippen LogP contribution in [0.4, 0.5) is 0 Å². The van der Waals surface area contributed by atoms with Gasteiger partial charge < -0.3 is 5.32 Å². The van der Waals surface area contributed by atoms with Crippen LogP contribution in [0, 0.1) is 0 Å². The van der Waals surface area contributed by atoms with Crippen molar-refractivity contribution in [3.05, 3.63) is 52.3 Å². The van der Waals surface area contributed by atoms with Crippen LogP contribution >= 0.6 is 11.6 Å². The van der Waals surface area contributed by atoms with E-state index in [0.717, 1.165) is 11.6 Å². The highest BCUT2D eigenvalue weighted by Crippen LogP contribution is 2.20. The van der Waals surface area contributed by atoms with Crippen LogP contribution < -0.4 is 5.32 Å². The molecular weight excluding hydrogens is 270 g/mol. The zero-order valence-corrected chi connectivity index (χ0v) is 13.3. The highest BCUT2D eigenvalue weighted by atomic mass is 35.5. The van der Waals surface area contributed by atoms with Crippen LogP contribution in [0.15, 0.2) is 30.5 Å². The summed E-state index contributed by atoms with van der Waals surface area (Å²) in [5.74, 6) is 0.439. The van der Waals surface area contributed by atoms with Crippen molar-refractivity contribution in [3.8, 4) is 0 Å². The molecule has 0 aliphatic carbocycles. The zero-order chi connectivity index (χ0) is 14.7. The average Bonchev–Trinajstić information content (AvgIpc) is 2.77. The third-order valence-electron chi connectivity index (χ3n) is 3.43. The van der Waals surface area contributed by atoms with Crippen LogP contribution in [0.3, 0.4) is 0 Å². The van der Waals surface area contributed by atoms with E-state index in [1.54, 1.807) is 0 Å². The summed E-state index contributed by atoms with van der Waals surface area (Å²) in [4.78, 5) is 0. The molecule has 108 valence electrons. The van der Waals surface area contributed by atoms with Crippen molar-refractivity contribution >= 4 is 11.6 Å². The molecule has 1 aromatic heterocycles. The van der Waals surface area contributed by atoms with Gasteiger partial charge in [0.2, 0.25) is 0 Å². The van der Waals surface area contributed by atoms with Crippen molar-refractivity contribution in [2.24, 2.45) is 7.05 Å². The molecule has 4 heteroatoms. The van der Waals surface area contributed by atoms with Crippen molar-refractivity contribution in [1.29, 1.82) is 0 Å². The first-order valence-electron chi connectivity index (χ1n) is 6.98. The largest absolute Gasteiger partial charge is 0.306 e. The maximum Gasteiger partial charge on any atom is 0.0694 e. The molecule has 0 spiro atoms. The first-order valence-corrected chi connectivity index (χ1v) is 7.36. The number of benzene rings is 1. The smallest absolute Gasteiger partial charge is 0.0694 e. The van der Waals surface area contributed by atoms with Gasteiger partial charge in [-0.2, -0.15) is 5.10 Å². The molecule has 1 N–H and O–H groups in total. The van der Waals surface area contributed by atoms with E-state index >= 15 is 0 Å². The first-order chi connectivity index (χ1) is 9.47. The van der Waals surface area contributed by atoms with E-state index in [0.29, 0.717) is 5.92 Å². The van der Waals surface area contributed by atoms with Crippen molar-refractivity contribution in [3.63, 3.8) is 0 Å². The van der Waals surface area contributed by atoms with E-state index in [2.05, 4.69) is 43.4 Å². The molecule has 2 rings (SSSR count). The Labute approximate surface area is 126 Å². The lowest BCUT2D eigenvalue weighted by atomic mass is 10.1. The van der Waals surface area contributed by atoms with Gasteiger partial charge in [-0.05, 0) is 30.5 Å². The quantitative estimate of drug-likeness (QED) is 0.901. The number of halogens is 1. The third-order valence-corrected chi connectivity index (χ3v) is 3.67. The lowest BCUT2D eigenvalue weighted by Crippen LogP contribution is -2.18. The van der Waals surface area contributed by atoms with Gasteiger partial charge in [0.15, 0.2) is 0 Å². The number of hydrogen-bond donors (Lipinski definition) is 1. The summed E-state index contributed by atoms with van der Waals surface area (Å²) in [6.45, 7) is 7.31. The minimum absolute atomic E-state index is 0.258. The fourth-order valence-corrected chi connectivity index (χ4v) is 2.53. The van der Waals surface area contributed by atoms with Gasteiger partial charge in [0.05, 0.1) is 5.69 Å². The minimum Gasteiger partial charge on any atom is -0.306 e. The Morgan fingerprint density at radius 2 is 2.05 bits per heavy atom. The lowest BCUT2D eigenvalue weighted by Gasteiger charge is -2.15. The molecule has 0 bridgehead atoms.